The molecular formula is C46H36N4O2. The van der Waals surface area contributed by atoms with E-state index >= 15 is 0 Å². The highest BCUT2D eigenvalue weighted by Crippen LogP contribution is 2.53. The van der Waals surface area contributed by atoms with E-state index in [1.807, 2.05) is 60.7 Å². The summed E-state index contributed by atoms with van der Waals surface area (Å²) in [6, 6.07) is 52.2. The molecule has 6 nitrogen and oxygen atoms in total. The number of nitrogens with zero attached hydrogens (tertiary/aromatic N) is 4. The second kappa shape index (κ2) is 12.4. The summed E-state index contributed by atoms with van der Waals surface area (Å²) in [4.78, 5) is 0. The molecule has 6 heteroatoms. The summed E-state index contributed by atoms with van der Waals surface area (Å²) in [5, 5.41) is 17.7. The van der Waals surface area contributed by atoms with Crippen LogP contribution < -0.4 is 0 Å². The Morgan fingerprint density at radius 1 is 0.385 bits per heavy atom. The summed E-state index contributed by atoms with van der Waals surface area (Å²) in [6.45, 7) is 6.97. The van der Waals surface area contributed by atoms with Gasteiger partial charge in [-0.05, 0) is 99.3 Å². The van der Waals surface area contributed by atoms with Crippen molar-refractivity contribution >= 4 is 0 Å². The molecule has 0 N–H and O–H groups in total. The van der Waals surface area contributed by atoms with E-state index in [0.29, 0.717) is 23.6 Å². The summed E-state index contributed by atoms with van der Waals surface area (Å²) < 4.78 is 12.4. The highest BCUT2D eigenvalue weighted by Gasteiger charge is 2.46. The first-order valence-corrected chi connectivity index (χ1v) is 17.6. The average Bonchev–Trinajstić information content (AvgIpc) is 3.94. The second-order valence-corrected chi connectivity index (χ2v) is 14.4. The lowest BCUT2D eigenvalue weighted by Gasteiger charge is -2.28. The molecule has 2 heterocycles. The van der Waals surface area contributed by atoms with Crippen LogP contribution in [-0.4, -0.2) is 20.4 Å². The Balaban J connectivity index is 0.966. The van der Waals surface area contributed by atoms with Crippen LogP contribution in [0.4, 0.5) is 0 Å². The fourth-order valence-corrected chi connectivity index (χ4v) is 7.82. The highest BCUT2D eigenvalue weighted by molar-refractivity contribution is 5.70. The smallest absolute Gasteiger partial charge is 0.248 e. The zero-order chi connectivity index (χ0) is 35.3. The lowest BCUT2D eigenvalue weighted by atomic mass is 9.75. The highest BCUT2D eigenvalue weighted by atomic mass is 16.4. The van der Waals surface area contributed by atoms with Crippen LogP contribution in [0.25, 0.3) is 68.1 Å². The Hall–Kier alpha value is -6.40. The largest absolute Gasteiger partial charge is 0.416 e. The molecule has 1 atom stereocenters. The molecule has 9 rings (SSSR count). The number of benzene rings is 6. The van der Waals surface area contributed by atoms with Gasteiger partial charge in [-0.2, -0.15) is 0 Å². The molecule has 0 saturated heterocycles. The molecule has 8 aromatic rings. The van der Waals surface area contributed by atoms with Gasteiger partial charge in [-0.25, -0.2) is 0 Å². The van der Waals surface area contributed by atoms with E-state index < -0.39 is 0 Å². The predicted octanol–water partition coefficient (Wildman–Crippen LogP) is 11.4. The van der Waals surface area contributed by atoms with Gasteiger partial charge in [-0.3, -0.25) is 0 Å². The van der Waals surface area contributed by atoms with Crippen LogP contribution in [0.1, 0.15) is 43.9 Å². The molecule has 0 bridgehead atoms. The van der Waals surface area contributed by atoms with Crippen LogP contribution >= 0.6 is 0 Å². The summed E-state index contributed by atoms with van der Waals surface area (Å²) in [5.41, 5.74) is 11.8. The van der Waals surface area contributed by atoms with Crippen LogP contribution in [-0.2, 0) is 10.8 Å². The zero-order valence-electron chi connectivity index (χ0n) is 29.2. The maximum absolute atomic E-state index is 6.27. The standard InChI is InChI=1S/C46H36N4O2/c1-45(2)29-46(3,38-25-22-36(23-26-38)43-48-47-41(51-43)34-18-14-32(15-19-34)30-10-6-4-7-11-30)40-28-37(24-27-39(40)45)44-50-49-42(52-44)35-20-16-33(17-21-35)31-12-8-5-9-13-31/h4-28H,29H2,1-3H3. The van der Waals surface area contributed by atoms with E-state index in [4.69, 9.17) is 8.83 Å². The van der Waals surface area contributed by atoms with Crippen LogP contribution in [0, 0.1) is 0 Å². The molecule has 0 fully saturated rings. The first-order chi connectivity index (χ1) is 25.3. The first-order valence-electron chi connectivity index (χ1n) is 17.6. The molecule has 0 saturated carbocycles. The SMILES string of the molecule is CC1(C)CC(C)(c2ccc(-c3nnc(-c4ccc(-c5ccccc5)cc4)o3)cc2)c2cc(-c3nnc(-c4ccc(-c5ccccc5)cc4)o3)ccc21. The summed E-state index contributed by atoms with van der Waals surface area (Å²) >= 11 is 0. The molecular weight excluding hydrogens is 641 g/mol. The first kappa shape index (κ1) is 31.6. The maximum atomic E-state index is 6.27. The van der Waals surface area contributed by atoms with Crippen LogP contribution in [0.5, 0.6) is 0 Å². The molecule has 0 amide bonds. The third-order valence-corrected chi connectivity index (χ3v) is 10.5. The lowest BCUT2D eigenvalue weighted by Crippen LogP contribution is -2.23. The van der Waals surface area contributed by atoms with Gasteiger partial charge in [0.2, 0.25) is 23.6 Å². The fourth-order valence-electron chi connectivity index (χ4n) is 7.82. The van der Waals surface area contributed by atoms with Crippen molar-refractivity contribution in [3.8, 4) is 68.1 Å². The molecule has 1 aliphatic carbocycles. The van der Waals surface area contributed by atoms with Crippen LogP contribution in [0.15, 0.2) is 160 Å². The molecule has 2 aromatic heterocycles. The lowest BCUT2D eigenvalue weighted by molar-refractivity contribution is 0.425. The minimum Gasteiger partial charge on any atom is -0.416 e. The van der Waals surface area contributed by atoms with Gasteiger partial charge in [-0.1, -0.05) is 124 Å². The Kier molecular flexibility index (Phi) is 7.54. The van der Waals surface area contributed by atoms with Gasteiger partial charge in [0.25, 0.3) is 0 Å². The Bertz CT molecular complexity index is 2500. The number of fused-ring (bicyclic) bond motifs is 1. The predicted molar refractivity (Wildman–Crippen MR) is 205 cm³/mol. The van der Waals surface area contributed by atoms with Crippen molar-refractivity contribution in [1.82, 2.24) is 20.4 Å². The molecule has 1 unspecified atom stereocenters. The number of hydrogen-bond donors (Lipinski definition) is 0. The number of aromatic nitrogens is 4. The Labute approximate surface area is 302 Å². The maximum Gasteiger partial charge on any atom is 0.248 e. The normalized spacial score (nSPS) is 16.1. The van der Waals surface area contributed by atoms with Gasteiger partial charge in [-0.15, -0.1) is 20.4 Å². The Morgan fingerprint density at radius 2 is 0.750 bits per heavy atom. The van der Waals surface area contributed by atoms with Gasteiger partial charge < -0.3 is 8.83 Å². The topological polar surface area (TPSA) is 77.8 Å². The fraction of sp³-hybridized carbons (Fsp3) is 0.130. The van der Waals surface area contributed by atoms with Crippen molar-refractivity contribution in [2.24, 2.45) is 0 Å². The Morgan fingerprint density at radius 3 is 1.21 bits per heavy atom. The van der Waals surface area contributed by atoms with Crippen molar-refractivity contribution in [3.63, 3.8) is 0 Å². The van der Waals surface area contributed by atoms with Crippen molar-refractivity contribution in [2.45, 2.75) is 38.0 Å². The van der Waals surface area contributed by atoms with Gasteiger partial charge in [0.15, 0.2) is 0 Å². The van der Waals surface area contributed by atoms with E-state index in [1.54, 1.807) is 0 Å². The average molecular weight is 677 g/mol. The molecule has 0 aliphatic heterocycles. The molecule has 252 valence electrons. The zero-order valence-corrected chi connectivity index (χ0v) is 29.2. The van der Waals surface area contributed by atoms with Crippen LogP contribution in [0.2, 0.25) is 0 Å². The third-order valence-electron chi connectivity index (χ3n) is 10.5. The monoisotopic (exact) mass is 676 g/mol. The van der Waals surface area contributed by atoms with E-state index in [2.05, 4.69) is 132 Å². The van der Waals surface area contributed by atoms with Gasteiger partial charge in [0, 0.05) is 27.7 Å². The number of rotatable bonds is 7. The number of hydrogen-bond acceptors (Lipinski definition) is 6. The van der Waals surface area contributed by atoms with Crippen LogP contribution in [0.3, 0.4) is 0 Å². The second-order valence-electron chi connectivity index (χ2n) is 14.4. The van der Waals surface area contributed by atoms with Crippen molar-refractivity contribution < 1.29 is 8.83 Å². The minimum atomic E-state index is -0.232. The third kappa shape index (κ3) is 5.63. The van der Waals surface area contributed by atoms with Gasteiger partial charge >= 0.3 is 0 Å². The summed E-state index contributed by atoms with van der Waals surface area (Å²) in [7, 11) is 0. The van der Waals surface area contributed by atoms with Gasteiger partial charge in [0.1, 0.15) is 0 Å². The van der Waals surface area contributed by atoms with E-state index in [1.165, 1.54) is 27.8 Å². The molecule has 0 spiro atoms. The molecule has 52 heavy (non-hydrogen) atoms. The van der Waals surface area contributed by atoms with Gasteiger partial charge in [0.05, 0.1) is 0 Å². The quantitative estimate of drug-likeness (QED) is 0.167. The van der Waals surface area contributed by atoms with Crippen molar-refractivity contribution in [2.75, 3.05) is 0 Å². The minimum absolute atomic E-state index is 0.0146. The molecule has 1 aliphatic rings. The van der Waals surface area contributed by atoms with Crippen molar-refractivity contribution in [3.05, 3.63) is 168 Å². The van der Waals surface area contributed by atoms with E-state index in [-0.39, 0.29) is 10.8 Å². The van der Waals surface area contributed by atoms with E-state index in [0.717, 1.165) is 39.8 Å². The molecule has 6 aromatic carbocycles. The van der Waals surface area contributed by atoms with Crippen molar-refractivity contribution in [1.29, 1.82) is 0 Å². The summed E-state index contributed by atoms with van der Waals surface area (Å²) in [6.07, 6.45) is 0.963. The summed E-state index contributed by atoms with van der Waals surface area (Å²) in [5.74, 6) is 2.00. The van der Waals surface area contributed by atoms with E-state index in [9.17, 15) is 0 Å². The molecule has 0 radical (unpaired) electrons.